The summed E-state index contributed by atoms with van der Waals surface area (Å²) in [6.45, 7) is 6.26. The Morgan fingerprint density at radius 3 is 2.56 bits per heavy atom. The Balaban J connectivity index is 2.32. The van der Waals surface area contributed by atoms with Crippen LogP contribution in [-0.4, -0.2) is 9.13 Å². The van der Waals surface area contributed by atoms with Crippen molar-refractivity contribution in [3.63, 3.8) is 0 Å². The summed E-state index contributed by atoms with van der Waals surface area (Å²) >= 11 is 0. The standard InChI is InChI=1S/C14H17FN2O/c1-10(2)17-7-6-16(14(17)18)9-12-4-5-13(15)8-11(12)3/h4-8,10H,9H2,1-3H3. The van der Waals surface area contributed by atoms with Crippen molar-refractivity contribution < 1.29 is 4.39 Å². The first kappa shape index (κ1) is 12.6. The summed E-state index contributed by atoms with van der Waals surface area (Å²) in [6, 6.07) is 4.78. The lowest BCUT2D eigenvalue weighted by Gasteiger charge is -2.07. The summed E-state index contributed by atoms with van der Waals surface area (Å²) in [5.74, 6) is -0.247. The molecule has 0 radical (unpaired) electrons. The number of hydrogen-bond acceptors (Lipinski definition) is 1. The highest BCUT2D eigenvalue weighted by Crippen LogP contribution is 2.11. The molecule has 0 aliphatic heterocycles. The number of imidazole rings is 1. The van der Waals surface area contributed by atoms with Crippen molar-refractivity contribution in [2.24, 2.45) is 0 Å². The van der Waals surface area contributed by atoms with Gasteiger partial charge < -0.3 is 0 Å². The van der Waals surface area contributed by atoms with Crippen LogP contribution in [0.25, 0.3) is 0 Å². The predicted molar refractivity (Wildman–Crippen MR) is 69.3 cm³/mol. The number of nitrogens with zero attached hydrogens (tertiary/aromatic N) is 2. The molecule has 1 heterocycles. The molecule has 1 aromatic heterocycles. The van der Waals surface area contributed by atoms with Crippen molar-refractivity contribution in [1.82, 2.24) is 9.13 Å². The minimum Gasteiger partial charge on any atom is -0.297 e. The van der Waals surface area contributed by atoms with Crippen LogP contribution in [0.15, 0.2) is 35.4 Å². The number of halogens is 1. The molecule has 0 unspecified atom stereocenters. The lowest BCUT2D eigenvalue weighted by atomic mass is 10.1. The molecule has 96 valence electrons. The third-order valence-electron chi connectivity index (χ3n) is 3.08. The van der Waals surface area contributed by atoms with Gasteiger partial charge in [0, 0.05) is 18.4 Å². The number of hydrogen-bond donors (Lipinski definition) is 0. The molecule has 0 aliphatic rings. The second-order valence-electron chi connectivity index (χ2n) is 4.78. The third kappa shape index (κ3) is 2.37. The molecular weight excluding hydrogens is 231 g/mol. The van der Waals surface area contributed by atoms with Gasteiger partial charge in [-0.1, -0.05) is 6.07 Å². The van der Waals surface area contributed by atoms with Crippen molar-refractivity contribution in [2.75, 3.05) is 0 Å². The van der Waals surface area contributed by atoms with Crippen LogP contribution in [0.5, 0.6) is 0 Å². The molecule has 0 bridgehead atoms. The predicted octanol–water partition coefficient (Wildman–Crippen LogP) is 2.73. The topological polar surface area (TPSA) is 26.9 Å². The van der Waals surface area contributed by atoms with E-state index in [0.29, 0.717) is 6.54 Å². The van der Waals surface area contributed by atoms with Crippen molar-refractivity contribution in [3.05, 3.63) is 58.0 Å². The molecule has 2 rings (SSSR count). The molecule has 18 heavy (non-hydrogen) atoms. The van der Waals surface area contributed by atoms with Crippen LogP contribution in [0.1, 0.15) is 31.0 Å². The van der Waals surface area contributed by atoms with E-state index in [1.807, 2.05) is 20.8 Å². The van der Waals surface area contributed by atoms with E-state index in [0.717, 1.165) is 11.1 Å². The molecule has 2 aromatic rings. The Kier molecular flexibility index (Phi) is 3.36. The second kappa shape index (κ2) is 4.80. The van der Waals surface area contributed by atoms with Crippen LogP contribution in [-0.2, 0) is 6.54 Å². The molecule has 0 spiro atoms. The van der Waals surface area contributed by atoms with Crippen LogP contribution < -0.4 is 5.69 Å². The van der Waals surface area contributed by atoms with Gasteiger partial charge in [0.2, 0.25) is 0 Å². The van der Waals surface area contributed by atoms with E-state index < -0.39 is 0 Å². The number of aryl methyl sites for hydroxylation is 1. The van der Waals surface area contributed by atoms with Gasteiger partial charge in [-0.25, -0.2) is 9.18 Å². The van der Waals surface area contributed by atoms with Crippen molar-refractivity contribution >= 4 is 0 Å². The normalized spacial score (nSPS) is 11.2. The second-order valence-corrected chi connectivity index (χ2v) is 4.78. The summed E-state index contributed by atoms with van der Waals surface area (Å²) in [5.41, 5.74) is 1.79. The van der Waals surface area contributed by atoms with Crippen molar-refractivity contribution in [3.8, 4) is 0 Å². The Bertz CT molecular complexity index is 610. The first-order valence-corrected chi connectivity index (χ1v) is 6.01. The fraction of sp³-hybridized carbons (Fsp3) is 0.357. The Morgan fingerprint density at radius 2 is 2.00 bits per heavy atom. The highest BCUT2D eigenvalue weighted by molar-refractivity contribution is 5.26. The maximum absolute atomic E-state index is 13.0. The molecule has 0 aliphatic carbocycles. The highest BCUT2D eigenvalue weighted by atomic mass is 19.1. The average Bonchev–Trinajstić information content (AvgIpc) is 2.64. The summed E-state index contributed by atoms with van der Waals surface area (Å²) in [7, 11) is 0. The maximum atomic E-state index is 13.0. The van der Waals surface area contributed by atoms with Crippen LogP contribution >= 0.6 is 0 Å². The molecule has 0 amide bonds. The number of aromatic nitrogens is 2. The monoisotopic (exact) mass is 248 g/mol. The lowest BCUT2D eigenvalue weighted by molar-refractivity contribution is 0.560. The molecule has 0 fully saturated rings. The van der Waals surface area contributed by atoms with E-state index in [9.17, 15) is 9.18 Å². The largest absolute Gasteiger partial charge is 0.328 e. The van der Waals surface area contributed by atoms with E-state index in [4.69, 9.17) is 0 Å². The Hall–Kier alpha value is -1.84. The summed E-state index contributed by atoms with van der Waals surface area (Å²) in [6.07, 6.45) is 3.55. The average molecular weight is 248 g/mol. The summed E-state index contributed by atoms with van der Waals surface area (Å²) < 4.78 is 16.3. The third-order valence-corrected chi connectivity index (χ3v) is 3.08. The number of benzene rings is 1. The summed E-state index contributed by atoms with van der Waals surface area (Å²) in [4.78, 5) is 12.0. The number of rotatable bonds is 3. The van der Waals surface area contributed by atoms with Crippen LogP contribution in [0.4, 0.5) is 4.39 Å². The van der Waals surface area contributed by atoms with E-state index in [-0.39, 0.29) is 17.5 Å². The van der Waals surface area contributed by atoms with Gasteiger partial charge in [0.25, 0.3) is 0 Å². The molecule has 4 heteroatoms. The molecule has 0 saturated carbocycles. The molecule has 0 saturated heterocycles. The smallest absolute Gasteiger partial charge is 0.297 e. The minimum absolute atomic E-state index is 0.0336. The van der Waals surface area contributed by atoms with Gasteiger partial charge in [0.1, 0.15) is 5.82 Å². The van der Waals surface area contributed by atoms with E-state index in [1.54, 1.807) is 27.6 Å². The Labute approximate surface area is 105 Å². The van der Waals surface area contributed by atoms with E-state index >= 15 is 0 Å². The Morgan fingerprint density at radius 1 is 1.28 bits per heavy atom. The van der Waals surface area contributed by atoms with Crippen LogP contribution in [0, 0.1) is 12.7 Å². The van der Waals surface area contributed by atoms with Crippen LogP contribution in [0.2, 0.25) is 0 Å². The molecule has 0 atom stereocenters. The fourth-order valence-electron chi connectivity index (χ4n) is 1.96. The zero-order valence-electron chi connectivity index (χ0n) is 10.9. The van der Waals surface area contributed by atoms with Crippen LogP contribution in [0.3, 0.4) is 0 Å². The molecule has 3 nitrogen and oxygen atoms in total. The zero-order chi connectivity index (χ0) is 13.3. The quantitative estimate of drug-likeness (QED) is 0.820. The van der Waals surface area contributed by atoms with Gasteiger partial charge in [-0.05, 0) is 44.0 Å². The molecular formula is C14H17FN2O. The molecule has 1 aromatic carbocycles. The lowest BCUT2D eigenvalue weighted by Crippen LogP contribution is -2.25. The SMILES string of the molecule is Cc1cc(F)ccc1Cn1ccn(C(C)C)c1=O. The van der Waals surface area contributed by atoms with Gasteiger partial charge in [0.05, 0.1) is 6.54 Å². The van der Waals surface area contributed by atoms with E-state index in [2.05, 4.69) is 0 Å². The van der Waals surface area contributed by atoms with Crippen molar-refractivity contribution in [2.45, 2.75) is 33.4 Å². The first-order chi connectivity index (χ1) is 8.49. The highest BCUT2D eigenvalue weighted by Gasteiger charge is 2.08. The van der Waals surface area contributed by atoms with Gasteiger partial charge in [-0.2, -0.15) is 0 Å². The van der Waals surface area contributed by atoms with Crippen molar-refractivity contribution in [1.29, 1.82) is 0 Å². The first-order valence-electron chi connectivity index (χ1n) is 6.01. The summed E-state index contributed by atoms with van der Waals surface area (Å²) in [5, 5.41) is 0. The minimum atomic E-state index is -0.247. The van der Waals surface area contributed by atoms with Gasteiger partial charge in [-0.15, -0.1) is 0 Å². The fourth-order valence-corrected chi connectivity index (χ4v) is 1.96. The van der Waals surface area contributed by atoms with Gasteiger partial charge in [-0.3, -0.25) is 9.13 Å². The zero-order valence-corrected chi connectivity index (χ0v) is 10.9. The molecule has 0 N–H and O–H groups in total. The van der Waals surface area contributed by atoms with E-state index in [1.165, 1.54) is 12.1 Å². The van der Waals surface area contributed by atoms with Gasteiger partial charge >= 0.3 is 5.69 Å². The maximum Gasteiger partial charge on any atom is 0.328 e. The van der Waals surface area contributed by atoms with Gasteiger partial charge in [0.15, 0.2) is 0 Å².